The average molecular weight is 307 g/mol. The maximum absolute atomic E-state index is 13.6. The van der Waals surface area contributed by atoms with Gasteiger partial charge in [-0.25, -0.2) is 9.37 Å². The van der Waals surface area contributed by atoms with Crippen molar-refractivity contribution in [3.63, 3.8) is 0 Å². The smallest absolute Gasteiger partial charge is 0.282 e. The molecular weight excluding hydrogens is 293 g/mol. The van der Waals surface area contributed by atoms with Gasteiger partial charge in [-0.2, -0.15) is 8.42 Å². The van der Waals surface area contributed by atoms with Crippen LogP contribution in [0.15, 0.2) is 41.6 Å². The number of sulfonamides is 1. The summed E-state index contributed by atoms with van der Waals surface area (Å²) < 4.78 is 40.6. The molecule has 0 bridgehead atoms. The van der Waals surface area contributed by atoms with E-state index in [1.54, 1.807) is 12.1 Å². The highest BCUT2D eigenvalue weighted by atomic mass is 32.2. The Morgan fingerprint density at radius 2 is 2.10 bits per heavy atom. The van der Waals surface area contributed by atoms with Crippen molar-refractivity contribution in [2.75, 3.05) is 11.3 Å². The summed E-state index contributed by atoms with van der Waals surface area (Å²) in [5, 5.41) is 2.60. The van der Waals surface area contributed by atoms with Gasteiger partial charge in [0.15, 0.2) is 5.82 Å². The highest BCUT2D eigenvalue weighted by Gasteiger charge is 2.23. The van der Waals surface area contributed by atoms with Gasteiger partial charge in [0.05, 0.1) is 5.69 Å². The van der Waals surface area contributed by atoms with Crippen LogP contribution in [-0.2, 0) is 23.0 Å². The lowest BCUT2D eigenvalue weighted by molar-refractivity contribution is 0.556. The lowest BCUT2D eigenvalue weighted by atomic mass is 10.00. The van der Waals surface area contributed by atoms with Gasteiger partial charge in [0, 0.05) is 12.7 Å². The zero-order chi connectivity index (χ0) is 14.9. The largest absolute Gasteiger partial charge is 0.312 e. The van der Waals surface area contributed by atoms with E-state index in [4.69, 9.17) is 0 Å². The number of hydrogen-bond donors (Lipinski definition) is 2. The fourth-order valence-electron chi connectivity index (χ4n) is 2.37. The number of benzene rings is 1. The van der Waals surface area contributed by atoms with Crippen LogP contribution in [0.5, 0.6) is 0 Å². The van der Waals surface area contributed by atoms with Gasteiger partial charge < -0.3 is 5.32 Å². The Morgan fingerprint density at radius 1 is 1.24 bits per heavy atom. The molecule has 0 spiro atoms. The Kier molecular flexibility index (Phi) is 3.60. The summed E-state index contributed by atoms with van der Waals surface area (Å²) in [6, 6.07) is 7.85. The van der Waals surface area contributed by atoms with Crippen LogP contribution in [0.3, 0.4) is 0 Å². The first-order valence-corrected chi connectivity index (χ1v) is 8.01. The summed E-state index contributed by atoms with van der Waals surface area (Å²) in [5.41, 5.74) is 2.45. The third-order valence-electron chi connectivity index (χ3n) is 3.37. The summed E-state index contributed by atoms with van der Waals surface area (Å²) in [7, 11) is -4.04. The molecular formula is C14H14FN3O2S. The quantitative estimate of drug-likeness (QED) is 0.905. The van der Waals surface area contributed by atoms with Crippen LogP contribution in [0.1, 0.15) is 11.1 Å². The first-order chi connectivity index (χ1) is 10.1. The molecule has 0 saturated carbocycles. The number of nitrogens with one attached hydrogen (secondary N) is 2. The molecule has 1 aromatic heterocycles. The molecule has 0 saturated heterocycles. The minimum absolute atomic E-state index is 0.463. The maximum atomic E-state index is 13.6. The van der Waals surface area contributed by atoms with Gasteiger partial charge in [0.1, 0.15) is 0 Å². The molecule has 7 heteroatoms. The SMILES string of the molecule is O=S(=O)(Nc1cccc2c1CNCC2)c1ncccc1F. The molecule has 0 fully saturated rings. The van der Waals surface area contributed by atoms with Gasteiger partial charge in [-0.1, -0.05) is 12.1 Å². The molecule has 2 N–H and O–H groups in total. The van der Waals surface area contributed by atoms with Crippen LogP contribution in [0.2, 0.25) is 0 Å². The number of anilines is 1. The average Bonchev–Trinajstić information content (AvgIpc) is 2.47. The highest BCUT2D eigenvalue weighted by Crippen LogP contribution is 2.25. The van der Waals surface area contributed by atoms with Crippen molar-refractivity contribution in [3.8, 4) is 0 Å². The molecule has 0 amide bonds. The van der Waals surface area contributed by atoms with E-state index in [2.05, 4.69) is 15.0 Å². The highest BCUT2D eigenvalue weighted by molar-refractivity contribution is 7.92. The maximum Gasteiger partial charge on any atom is 0.282 e. The molecule has 5 nitrogen and oxygen atoms in total. The zero-order valence-corrected chi connectivity index (χ0v) is 12.0. The van der Waals surface area contributed by atoms with Crippen LogP contribution >= 0.6 is 0 Å². The predicted octanol–water partition coefficient (Wildman–Crippen LogP) is 1.67. The minimum Gasteiger partial charge on any atom is -0.312 e. The van der Waals surface area contributed by atoms with Crippen molar-refractivity contribution in [1.29, 1.82) is 0 Å². The lowest BCUT2D eigenvalue weighted by Gasteiger charge is -2.20. The normalized spacial score (nSPS) is 14.5. The van der Waals surface area contributed by atoms with Gasteiger partial charge in [-0.05, 0) is 42.3 Å². The van der Waals surface area contributed by atoms with Crippen molar-refractivity contribution >= 4 is 15.7 Å². The first-order valence-electron chi connectivity index (χ1n) is 6.53. The first kappa shape index (κ1) is 14.0. The lowest BCUT2D eigenvalue weighted by Crippen LogP contribution is -2.26. The Hall–Kier alpha value is -1.99. The van der Waals surface area contributed by atoms with Crippen molar-refractivity contribution < 1.29 is 12.8 Å². The topological polar surface area (TPSA) is 71.1 Å². The van der Waals surface area contributed by atoms with E-state index >= 15 is 0 Å². The van der Waals surface area contributed by atoms with E-state index in [0.717, 1.165) is 30.2 Å². The molecule has 0 atom stereocenters. The molecule has 0 unspecified atom stereocenters. The molecule has 1 aliphatic heterocycles. The van der Waals surface area contributed by atoms with Crippen molar-refractivity contribution in [3.05, 3.63) is 53.5 Å². The van der Waals surface area contributed by atoms with Crippen LogP contribution < -0.4 is 10.0 Å². The Bertz CT molecular complexity index is 778. The zero-order valence-electron chi connectivity index (χ0n) is 11.1. The number of halogens is 1. The van der Waals surface area contributed by atoms with Crippen LogP contribution in [0, 0.1) is 5.82 Å². The summed E-state index contributed by atoms with van der Waals surface area (Å²) in [4.78, 5) is 3.62. The summed E-state index contributed by atoms with van der Waals surface area (Å²) in [6.07, 6.45) is 2.09. The molecule has 0 radical (unpaired) electrons. The number of fused-ring (bicyclic) bond motifs is 1. The van der Waals surface area contributed by atoms with Crippen molar-refractivity contribution in [2.45, 2.75) is 18.0 Å². The molecule has 2 aromatic rings. The Balaban J connectivity index is 1.99. The fraction of sp³-hybridized carbons (Fsp3) is 0.214. The number of pyridine rings is 1. The molecule has 1 aromatic carbocycles. The van der Waals surface area contributed by atoms with Gasteiger partial charge in [-0.15, -0.1) is 0 Å². The van der Waals surface area contributed by atoms with Crippen molar-refractivity contribution in [2.24, 2.45) is 0 Å². The van der Waals surface area contributed by atoms with E-state index in [-0.39, 0.29) is 0 Å². The molecule has 110 valence electrons. The summed E-state index contributed by atoms with van der Waals surface area (Å²) >= 11 is 0. The molecule has 1 aliphatic rings. The van der Waals surface area contributed by atoms with Crippen LogP contribution in [-0.4, -0.2) is 19.9 Å². The molecule has 21 heavy (non-hydrogen) atoms. The third-order valence-corrected chi connectivity index (χ3v) is 4.67. The molecule has 0 aliphatic carbocycles. The van der Waals surface area contributed by atoms with E-state index in [1.807, 2.05) is 6.07 Å². The monoisotopic (exact) mass is 307 g/mol. The second kappa shape index (κ2) is 5.42. The van der Waals surface area contributed by atoms with Gasteiger partial charge in [0.25, 0.3) is 10.0 Å². The van der Waals surface area contributed by atoms with Crippen LogP contribution in [0.25, 0.3) is 0 Å². The summed E-state index contributed by atoms with van der Waals surface area (Å²) in [6.45, 7) is 1.44. The van der Waals surface area contributed by atoms with E-state index in [0.29, 0.717) is 12.2 Å². The number of hydrogen-bond acceptors (Lipinski definition) is 4. The van der Waals surface area contributed by atoms with Gasteiger partial charge in [0.2, 0.25) is 5.03 Å². The Morgan fingerprint density at radius 3 is 2.90 bits per heavy atom. The molecule has 3 rings (SSSR count). The van der Waals surface area contributed by atoms with Gasteiger partial charge in [-0.3, -0.25) is 4.72 Å². The van der Waals surface area contributed by atoms with Crippen LogP contribution in [0.4, 0.5) is 10.1 Å². The minimum atomic E-state index is -4.04. The fourth-order valence-corrected chi connectivity index (χ4v) is 3.47. The number of nitrogens with zero attached hydrogens (tertiary/aromatic N) is 1. The van der Waals surface area contributed by atoms with E-state index in [1.165, 1.54) is 12.3 Å². The second-order valence-corrected chi connectivity index (χ2v) is 6.36. The predicted molar refractivity (Wildman–Crippen MR) is 76.9 cm³/mol. The second-order valence-electron chi connectivity index (χ2n) is 4.77. The summed E-state index contributed by atoms with van der Waals surface area (Å²) in [5.74, 6) is -0.868. The number of rotatable bonds is 3. The van der Waals surface area contributed by atoms with E-state index in [9.17, 15) is 12.8 Å². The van der Waals surface area contributed by atoms with Crippen molar-refractivity contribution in [1.82, 2.24) is 10.3 Å². The molecule has 2 heterocycles. The third kappa shape index (κ3) is 2.74. The van der Waals surface area contributed by atoms with E-state index < -0.39 is 20.9 Å². The number of aromatic nitrogens is 1. The van der Waals surface area contributed by atoms with Gasteiger partial charge >= 0.3 is 0 Å². The Labute approximate surface area is 122 Å². The standard InChI is InChI=1S/C14H14FN3O2S/c15-12-4-2-7-17-14(12)21(19,20)18-13-5-1-3-10-6-8-16-9-11(10)13/h1-5,7,16,18H,6,8-9H2.